The van der Waals surface area contributed by atoms with Crippen LogP contribution in [0.15, 0.2) is 72.8 Å². The molecule has 0 bridgehead atoms. The summed E-state index contributed by atoms with van der Waals surface area (Å²) in [5.74, 6) is -1.39. The summed E-state index contributed by atoms with van der Waals surface area (Å²) in [4.78, 5) is 29.3. The topological polar surface area (TPSA) is 121 Å². The highest BCUT2D eigenvalue weighted by molar-refractivity contribution is 6.01. The second kappa shape index (κ2) is 10.7. The number of carbonyl (C=O) groups excluding carboxylic acids is 2. The number of hydrogen-bond donors (Lipinski definition) is 3. The lowest BCUT2D eigenvalue weighted by molar-refractivity contribution is -0.127. The third-order valence-corrected chi connectivity index (χ3v) is 6.78. The maximum Gasteiger partial charge on any atom is 0.249 e. The van der Waals surface area contributed by atoms with Gasteiger partial charge >= 0.3 is 0 Å². The third-order valence-electron chi connectivity index (χ3n) is 6.78. The molecule has 9 heteroatoms. The number of para-hydroxylation sites is 2. The molecule has 3 aromatic carbocycles. The van der Waals surface area contributed by atoms with E-state index in [2.05, 4.69) is 15.6 Å². The molecule has 1 atom stereocenters. The molecule has 1 fully saturated rings. The zero-order valence-electron chi connectivity index (χ0n) is 20.3. The van der Waals surface area contributed by atoms with E-state index in [1.54, 1.807) is 30.3 Å². The summed E-state index contributed by atoms with van der Waals surface area (Å²) in [6, 6.07) is 19.4. The van der Waals surface area contributed by atoms with Gasteiger partial charge in [0.1, 0.15) is 18.1 Å². The smallest absolute Gasteiger partial charge is 0.249 e. The Morgan fingerprint density at radius 2 is 1.68 bits per heavy atom. The van der Waals surface area contributed by atoms with Gasteiger partial charge < -0.3 is 15.5 Å². The summed E-state index contributed by atoms with van der Waals surface area (Å²) < 4.78 is 1.51. The first-order valence-corrected chi connectivity index (χ1v) is 12.5. The van der Waals surface area contributed by atoms with Gasteiger partial charge in [-0.05, 0) is 54.8 Å². The number of anilines is 1. The molecule has 4 aromatic rings. The Bertz CT molecular complexity index is 1400. The number of benzene rings is 3. The van der Waals surface area contributed by atoms with Crippen LogP contribution in [0.5, 0.6) is 11.5 Å². The Morgan fingerprint density at radius 3 is 2.43 bits per heavy atom. The Labute approximate surface area is 214 Å². The predicted molar refractivity (Wildman–Crippen MR) is 139 cm³/mol. The number of carbonyl (C=O) groups is 2. The Hall–Kier alpha value is -4.40. The number of rotatable bonds is 7. The van der Waals surface area contributed by atoms with Crippen LogP contribution in [-0.4, -0.2) is 43.1 Å². The van der Waals surface area contributed by atoms with Gasteiger partial charge in [0.05, 0.1) is 5.52 Å². The molecule has 1 aromatic heterocycles. The number of nitrogens with one attached hydrogen (secondary N) is 1. The quantitative estimate of drug-likeness (QED) is 0.330. The van der Waals surface area contributed by atoms with Gasteiger partial charge in [-0.1, -0.05) is 60.9 Å². The predicted octanol–water partition coefficient (Wildman–Crippen LogP) is 4.07. The van der Waals surface area contributed by atoms with Gasteiger partial charge in [-0.3, -0.25) is 14.5 Å². The van der Waals surface area contributed by atoms with Gasteiger partial charge in [-0.2, -0.15) is 0 Å². The van der Waals surface area contributed by atoms with E-state index in [4.69, 9.17) is 0 Å². The normalized spacial score (nSPS) is 14.8. The maximum absolute atomic E-state index is 14.0. The Kier molecular flexibility index (Phi) is 7.02. The molecule has 0 saturated heterocycles. The highest BCUT2D eigenvalue weighted by atomic mass is 16.3. The SMILES string of the molecule is O=C(NC1CCCCC1)C(c1ccc(O)c(O)c1)N(C(=O)Cn1nnc2ccccc21)c1ccccc1. The Balaban J connectivity index is 1.56. The van der Waals surface area contributed by atoms with Crippen LogP contribution in [0.25, 0.3) is 11.0 Å². The van der Waals surface area contributed by atoms with E-state index in [0.29, 0.717) is 22.3 Å². The van der Waals surface area contributed by atoms with Crippen molar-refractivity contribution in [3.63, 3.8) is 0 Å². The van der Waals surface area contributed by atoms with Crippen molar-refractivity contribution in [2.45, 2.75) is 50.7 Å². The molecule has 37 heavy (non-hydrogen) atoms. The van der Waals surface area contributed by atoms with Crippen LogP contribution < -0.4 is 10.2 Å². The van der Waals surface area contributed by atoms with E-state index < -0.39 is 6.04 Å². The van der Waals surface area contributed by atoms with Crippen molar-refractivity contribution in [1.82, 2.24) is 20.3 Å². The van der Waals surface area contributed by atoms with Crippen LogP contribution in [0.2, 0.25) is 0 Å². The van der Waals surface area contributed by atoms with Crippen molar-refractivity contribution in [3.05, 3.63) is 78.4 Å². The molecule has 1 heterocycles. The summed E-state index contributed by atoms with van der Waals surface area (Å²) in [5, 5.41) is 31.6. The molecule has 0 aliphatic heterocycles. The summed E-state index contributed by atoms with van der Waals surface area (Å²) in [5.41, 5.74) is 2.27. The lowest BCUT2D eigenvalue weighted by Gasteiger charge is -2.33. The molecular formula is C28H29N5O4. The molecule has 1 unspecified atom stereocenters. The van der Waals surface area contributed by atoms with Crippen LogP contribution >= 0.6 is 0 Å². The van der Waals surface area contributed by atoms with Crippen molar-refractivity contribution >= 4 is 28.5 Å². The zero-order chi connectivity index (χ0) is 25.8. The average Bonchev–Trinajstić information content (AvgIpc) is 3.32. The van der Waals surface area contributed by atoms with Gasteiger partial charge in [-0.15, -0.1) is 5.10 Å². The minimum Gasteiger partial charge on any atom is -0.504 e. The lowest BCUT2D eigenvalue weighted by Crippen LogP contribution is -2.48. The Morgan fingerprint density at radius 1 is 0.946 bits per heavy atom. The average molecular weight is 500 g/mol. The first-order chi connectivity index (χ1) is 18.0. The second-order valence-electron chi connectivity index (χ2n) is 9.33. The fourth-order valence-corrected chi connectivity index (χ4v) is 4.92. The number of hydrogen-bond acceptors (Lipinski definition) is 6. The molecule has 1 aliphatic carbocycles. The van der Waals surface area contributed by atoms with E-state index in [0.717, 1.165) is 32.1 Å². The van der Waals surface area contributed by atoms with Crippen LogP contribution in [-0.2, 0) is 16.1 Å². The van der Waals surface area contributed by atoms with Gasteiger partial charge in [0, 0.05) is 11.7 Å². The monoisotopic (exact) mass is 499 g/mol. The van der Waals surface area contributed by atoms with Crippen molar-refractivity contribution in [3.8, 4) is 11.5 Å². The van der Waals surface area contributed by atoms with Crippen molar-refractivity contribution < 1.29 is 19.8 Å². The third kappa shape index (κ3) is 5.25. The van der Waals surface area contributed by atoms with Crippen molar-refractivity contribution in [2.24, 2.45) is 0 Å². The number of phenolic OH excluding ortho intramolecular Hbond substituents is 2. The van der Waals surface area contributed by atoms with E-state index in [9.17, 15) is 19.8 Å². The van der Waals surface area contributed by atoms with Crippen LogP contribution in [0.4, 0.5) is 5.69 Å². The lowest BCUT2D eigenvalue weighted by atomic mass is 9.94. The molecule has 1 saturated carbocycles. The minimum absolute atomic E-state index is 0.0152. The maximum atomic E-state index is 14.0. The molecule has 9 nitrogen and oxygen atoms in total. The van der Waals surface area contributed by atoms with Crippen LogP contribution in [0, 0.1) is 0 Å². The van der Waals surface area contributed by atoms with E-state index >= 15 is 0 Å². The molecule has 2 amide bonds. The zero-order valence-corrected chi connectivity index (χ0v) is 20.3. The van der Waals surface area contributed by atoms with Crippen molar-refractivity contribution in [2.75, 3.05) is 4.90 Å². The number of amides is 2. The fraction of sp³-hybridized carbons (Fsp3) is 0.286. The number of aromatic hydroxyl groups is 2. The summed E-state index contributed by atoms with van der Waals surface area (Å²) >= 11 is 0. The molecule has 5 rings (SSSR count). The fourth-order valence-electron chi connectivity index (χ4n) is 4.92. The number of aromatic nitrogens is 3. The summed E-state index contributed by atoms with van der Waals surface area (Å²) in [6.45, 7) is -0.146. The molecule has 1 aliphatic rings. The van der Waals surface area contributed by atoms with Gasteiger partial charge in [0.2, 0.25) is 11.8 Å². The largest absolute Gasteiger partial charge is 0.504 e. The highest BCUT2D eigenvalue weighted by Gasteiger charge is 2.35. The van der Waals surface area contributed by atoms with Crippen LogP contribution in [0.1, 0.15) is 43.7 Å². The van der Waals surface area contributed by atoms with E-state index in [1.807, 2.05) is 30.3 Å². The molecule has 0 spiro atoms. The summed E-state index contributed by atoms with van der Waals surface area (Å²) in [6.07, 6.45) is 4.97. The molecular weight excluding hydrogens is 470 g/mol. The highest BCUT2D eigenvalue weighted by Crippen LogP contribution is 2.34. The summed E-state index contributed by atoms with van der Waals surface area (Å²) in [7, 11) is 0. The number of fused-ring (bicyclic) bond motifs is 1. The first kappa shape index (κ1) is 24.3. The first-order valence-electron chi connectivity index (χ1n) is 12.5. The molecule has 190 valence electrons. The minimum atomic E-state index is -1.09. The van der Waals surface area contributed by atoms with Gasteiger partial charge in [-0.25, -0.2) is 4.68 Å². The van der Waals surface area contributed by atoms with E-state index in [-0.39, 0.29) is 35.9 Å². The van der Waals surface area contributed by atoms with Crippen LogP contribution in [0.3, 0.4) is 0 Å². The van der Waals surface area contributed by atoms with E-state index in [1.165, 1.54) is 21.7 Å². The van der Waals surface area contributed by atoms with Crippen molar-refractivity contribution in [1.29, 1.82) is 0 Å². The molecule has 0 radical (unpaired) electrons. The molecule has 3 N–H and O–H groups in total. The van der Waals surface area contributed by atoms with Gasteiger partial charge in [0.15, 0.2) is 11.5 Å². The van der Waals surface area contributed by atoms with Gasteiger partial charge in [0.25, 0.3) is 0 Å². The number of phenols is 2. The number of nitrogens with zero attached hydrogens (tertiary/aromatic N) is 4. The second-order valence-corrected chi connectivity index (χ2v) is 9.33. The standard InChI is InChI=1S/C28H29N5O4/c34-24-16-15-19(17-25(24)35)27(28(37)29-20-9-3-1-4-10-20)33(21-11-5-2-6-12-21)26(36)18-32-23-14-8-7-13-22(23)30-31-32/h2,5-8,11-17,20,27,34-35H,1,3-4,9-10,18H2,(H,29,37).